The number of rotatable bonds is 8. The molecule has 0 aliphatic rings. The van der Waals surface area contributed by atoms with Crippen LogP contribution >= 0.6 is 23.2 Å². The number of benzene rings is 3. The van der Waals surface area contributed by atoms with Crippen LogP contribution in [0, 0.1) is 0 Å². The van der Waals surface area contributed by atoms with E-state index in [2.05, 4.69) is 5.10 Å². The highest BCUT2D eigenvalue weighted by atomic mass is 35.5. The highest BCUT2D eigenvalue weighted by Gasteiger charge is 2.31. The molecule has 0 aliphatic carbocycles. The van der Waals surface area contributed by atoms with E-state index in [0.29, 0.717) is 38.4 Å². The van der Waals surface area contributed by atoms with Gasteiger partial charge in [0.05, 0.1) is 27.0 Å². The highest BCUT2D eigenvalue weighted by Crippen LogP contribution is 2.36. The zero-order valence-corrected chi connectivity index (χ0v) is 21.7. The highest BCUT2D eigenvalue weighted by molar-refractivity contribution is 6.35. The van der Waals surface area contributed by atoms with E-state index < -0.39 is 11.9 Å². The van der Waals surface area contributed by atoms with Crippen LogP contribution in [0.5, 0.6) is 11.5 Å². The monoisotopic (exact) mass is 540 g/mol. The van der Waals surface area contributed by atoms with Crippen molar-refractivity contribution in [2.75, 3.05) is 21.3 Å². The summed E-state index contributed by atoms with van der Waals surface area (Å²) in [6.45, 7) is 0.108. The minimum atomic E-state index is -0.745. The molecule has 4 aromatic rings. The summed E-state index contributed by atoms with van der Waals surface area (Å²) in [6.07, 6.45) is 0. The predicted molar refractivity (Wildman–Crippen MR) is 139 cm³/mol. The molecule has 10 heteroatoms. The molecule has 0 spiro atoms. The quantitative estimate of drug-likeness (QED) is 0.253. The maximum Gasteiger partial charge on any atom is 0.357 e. The van der Waals surface area contributed by atoms with Crippen molar-refractivity contribution < 1.29 is 28.5 Å². The number of ether oxygens (including phenoxy) is 4. The zero-order chi connectivity index (χ0) is 26.5. The van der Waals surface area contributed by atoms with Gasteiger partial charge < -0.3 is 18.9 Å². The van der Waals surface area contributed by atoms with Gasteiger partial charge >= 0.3 is 11.9 Å². The summed E-state index contributed by atoms with van der Waals surface area (Å²) in [4.78, 5) is 25.7. The average molecular weight is 541 g/mol. The Labute approximate surface area is 223 Å². The van der Waals surface area contributed by atoms with Gasteiger partial charge in [0.25, 0.3) is 0 Å². The molecule has 1 heterocycles. The van der Waals surface area contributed by atoms with Crippen molar-refractivity contribution >= 4 is 35.1 Å². The fraction of sp³-hybridized carbons (Fsp3) is 0.148. The second kappa shape index (κ2) is 11.4. The number of hydrogen-bond donors (Lipinski definition) is 0. The number of carbonyl (C=O) groups excluding carboxylic acids is 2. The van der Waals surface area contributed by atoms with E-state index in [4.69, 9.17) is 42.1 Å². The Hall–Kier alpha value is -4.01. The molecule has 0 fully saturated rings. The van der Waals surface area contributed by atoms with Gasteiger partial charge in [-0.1, -0.05) is 47.5 Å². The minimum absolute atomic E-state index is 0.0447. The molecule has 4 rings (SSSR count). The molecule has 0 radical (unpaired) electrons. The van der Waals surface area contributed by atoms with Crippen LogP contribution in [0.1, 0.15) is 26.4 Å². The molecule has 0 N–H and O–H groups in total. The SMILES string of the molecule is COC(=O)c1c(-c2ccc(OCc3c(Cl)cccc3Cl)c(OC)c2)nn(-c2ccccc2)c1C(=O)OC. The summed E-state index contributed by atoms with van der Waals surface area (Å²) in [6, 6.07) is 19.1. The first kappa shape index (κ1) is 26.1. The normalized spacial score (nSPS) is 10.6. The van der Waals surface area contributed by atoms with Gasteiger partial charge in [-0.15, -0.1) is 0 Å². The van der Waals surface area contributed by atoms with Gasteiger partial charge in [0.15, 0.2) is 17.2 Å². The zero-order valence-electron chi connectivity index (χ0n) is 20.2. The van der Waals surface area contributed by atoms with Crippen LogP contribution in [0.2, 0.25) is 10.0 Å². The van der Waals surface area contributed by atoms with E-state index in [9.17, 15) is 9.59 Å². The Morgan fingerprint density at radius 2 is 1.51 bits per heavy atom. The summed E-state index contributed by atoms with van der Waals surface area (Å²) in [5.41, 5.74) is 1.77. The van der Waals surface area contributed by atoms with Gasteiger partial charge in [-0.2, -0.15) is 5.10 Å². The molecule has 37 heavy (non-hydrogen) atoms. The number of hydrogen-bond acceptors (Lipinski definition) is 7. The molecule has 0 aliphatic heterocycles. The number of halogens is 2. The lowest BCUT2D eigenvalue weighted by molar-refractivity contribution is 0.0549. The third-order valence-electron chi connectivity index (χ3n) is 5.53. The average Bonchev–Trinajstić information content (AvgIpc) is 3.33. The fourth-order valence-corrected chi connectivity index (χ4v) is 4.22. The van der Waals surface area contributed by atoms with E-state index >= 15 is 0 Å². The van der Waals surface area contributed by atoms with Crippen LogP contribution in [0.3, 0.4) is 0 Å². The van der Waals surface area contributed by atoms with Crippen molar-refractivity contribution in [2.45, 2.75) is 6.61 Å². The van der Waals surface area contributed by atoms with Crippen molar-refractivity contribution in [1.29, 1.82) is 0 Å². The van der Waals surface area contributed by atoms with E-state index in [1.807, 2.05) is 6.07 Å². The van der Waals surface area contributed by atoms with Crippen molar-refractivity contribution in [1.82, 2.24) is 9.78 Å². The van der Waals surface area contributed by atoms with Gasteiger partial charge in [-0.05, 0) is 42.5 Å². The van der Waals surface area contributed by atoms with E-state index in [-0.39, 0.29) is 23.6 Å². The first-order valence-electron chi connectivity index (χ1n) is 11.0. The smallest absolute Gasteiger partial charge is 0.357 e. The standard InChI is InChI=1S/C27H22Cl2N2O6/c1-34-22-14-16(12-13-21(22)37-15-18-19(28)10-7-11-20(18)29)24-23(26(32)35-2)25(27(33)36-3)31(30-24)17-8-5-4-6-9-17/h4-14H,15H2,1-3H3. The first-order valence-corrected chi connectivity index (χ1v) is 11.7. The number of methoxy groups -OCH3 is 3. The third kappa shape index (κ3) is 5.26. The third-order valence-corrected chi connectivity index (χ3v) is 6.23. The van der Waals surface area contributed by atoms with Crippen LogP contribution in [0.4, 0.5) is 0 Å². The number of carbonyl (C=O) groups is 2. The van der Waals surface area contributed by atoms with Crippen LogP contribution in [0.15, 0.2) is 66.7 Å². The summed E-state index contributed by atoms with van der Waals surface area (Å²) in [7, 11) is 3.94. The van der Waals surface area contributed by atoms with Gasteiger partial charge in [0.2, 0.25) is 0 Å². The molecule has 0 saturated heterocycles. The fourth-order valence-electron chi connectivity index (χ4n) is 3.71. The lowest BCUT2D eigenvalue weighted by Gasteiger charge is -2.13. The largest absolute Gasteiger partial charge is 0.493 e. The van der Waals surface area contributed by atoms with Gasteiger partial charge in [-0.25, -0.2) is 14.3 Å². The molecule has 8 nitrogen and oxygen atoms in total. The van der Waals surface area contributed by atoms with Crippen LogP contribution in [-0.4, -0.2) is 43.0 Å². The van der Waals surface area contributed by atoms with Gasteiger partial charge in [0.1, 0.15) is 17.9 Å². The molecular weight excluding hydrogens is 519 g/mol. The Kier molecular flexibility index (Phi) is 8.01. The lowest BCUT2D eigenvalue weighted by atomic mass is 10.0. The van der Waals surface area contributed by atoms with Crippen molar-refractivity contribution in [3.05, 3.63) is 93.6 Å². The maximum atomic E-state index is 12.9. The van der Waals surface area contributed by atoms with Crippen LogP contribution in [0.25, 0.3) is 16.9 Å². The molecule has 1 aromatic heterocycles. The maximum absolute atomic E-state index is 12.9. The van der Waals surface area contributed by atoms with E-state index in [1.54, 1.807) is 60.7 Å². The van der Waals surface area contributed by atoms with Crippen LogP contribution in [-0.2, 0) is 16.1 Å². The van der Waals surface area contributed by atoms with Crippen molar-refractivity contribution in [3.63, 3.8) is 0 Å². The molecule has 3 aromatic carbocycles. The van der Waals surface area contributed by atoms with Crippen molar-refractivity contribution in [3.8, 4) is 28.4 Å². The van der Waals surface area contributed by atoms with Crippen LogP contribution < -0.4 is 9.47 Å². The Bertz CT molecular complexity index is 1430. The molecule has 190 valence electrons. The molecule has 0 atom stereocenters. The number of esters is 2. The van der Waals surface area contributed by atoms with Gasteiger partial charge in [-0.3, -0.25) is 0 Å². The van der Waals surface area contributed by atoms with E-state index in [0.717, 1.165) is 0 Å². The predicted octanol–water partition coefficient (Wildman–Crippen LogP) is 6.01. The molecule has 0 amide bonds. The second-order valence-corrected chi connectivity index (χ2v) is 8.47. The molecule has 0 unspecified atom stereocenters. The summed E-state index contributed by atoms with van der Waals surface area (Å²) in [5, 5.41) is 5.55. The Morgan fingerprint density at radius 3 is 2.14 bits per heavy atom. The van der Waals surface area contributed by atoms with Gasteiger partial charge in [0, 0.05) is 21.2 Å². The second-order valence-electron chi connectivity index (χ2n) is 7.66. The minimum Gasteiger partial charge on any atom is -0.493 e. The molecule has 0 bridgehead atoms. The number of para-hydroxylation sites is 1. The van der Waals surface area contributed by atoms with Crippen molar-refractivity contribution in [2.24, 2.45) is 0 Å². The van der Waals surface area contributed by atoms with E-state index in [1.165, 1.54) is 26.0 Å². The topological polar surface area (TPSA) is 88.9 Å². The number of nitrogens with zero attached hydrogens (tertiary/aromatic N) is 2. The summed E-state index contributed by atoms with van der Waals surface area (Å²) >= 11 is 12.5. The summed E-state index contributed by atoms with van der Waals surface area (Å²) < 4.78 is 22.8. The first-order chi connectivity index (χ1) is 17.9. The summed E-state index contributed by atoms with van der Waals surface area (Å²) in [5.74, 6) is -0.709. The lowest BCUT2D eigenvalue weighted by Crippen LogP contribution is -2.15. The number of aromatic nitrogens is 2. The molecule has 0 saturated carbocycles. The Balaban J connectivity index is 1.81. The molecular formula is C27H22Cl2N2O6. The Morgan fingerprint density at radius 1 is 0.838 bits per heavy atom.